The molecule has 3 heterocycles. The number of hydrogen-bond donors (Lipinski definition) is 0. The Morgan fingerprint density at radius 1 is 0.370 bits per heavy atom. The lowest BCUT2D eigenvalue weighted by Gasteiger charge is -2.27. The molecule has 9 aromatic carbocycles. The number of thiophene rings is 2. The highest BCUT2D eigenvalue weighted by Crippen LogP contribution is 2.50. The lowest BCUT2D eigenvalue weighted by Crippen LogP contribution is -2.10. The largest absolute Gasteiger partial charge is 0.455 e. The monoisotopic (exact) mass is 723 g/mol. The molecule has 0 spiro atoms. The Balaban J connectivity index is 1.12. The third-order valence-corrected chi connectivity index (χ3v) is 13.3. The maximum absolute atomic E-state index is 6.71. The zero-order chi connectivity index (χ0) is 35.3. The van der Waals surface area contributed by atoms with Crippen molar-refractivity contribution in [3.05, 3.63) is 176 Å². The van der Waals surface area contributed by atoms with E-state index in [1.165, 1.54) is 73.0 Å². The number of nitrogens with zero attached hydrogens (tertiary/aromatic N) is 1. The molecule has 0 aliphatic heterocycles. The fourth-order valence-electron chi connectivity index (χ4n) is 8.52. The molecule has 4 heteroatoms. The quantitative estimate of drug-likeness (QED) is 0.180. The topological polar surface area (TPSA) is 16.4 Å². The average Bonchev–Trinajstić information content (AvgIpc) is 3.92. The van der Waals surface area contributed by atoms with Crippen LogP contribution in [-0.4, -0.2) is 0 Å². The third-order valence-electron chi connectivity index (χ3n) is 11.0. The number of hydrogen-bond acceptors (Lipinski definition) is 4. The molecule has 252 valence electrons. The van der Waals surface area contributed by atoms with Crippen molar-refractivity contribution in [3.8, 4) is 11.1 Å². The first-order chi connectivity index (χ1) is 26.7. The Hall–Kier alpha value is -6.46. The van der Waals surface area contributed by atoms with Crippen LogP contribution in [0.2, 0.25) is 0 Å². The molecule has 0 saturated heterocycles. The second kappa shape index (κ2) is 11.5. The Bertz CT molecular complexity index is 3460. The molecule has 0 aliphatic rings. The summed E-state index contributed by atoms with van der Waals surface area (Å²) in [5, 5.41) is 12.3. The molecule has 0 amide bonds. The van der Waals surface area contributed by atoms with Gasteiger partial charge in [0.05, 0.1) is 5.69 Å². The van der Waals surface area contributed by atoms with Crippen molar-refractivity contribution in [3.63, 3.8) is 0 Å². The number of rotatable bonds is 4. The Kier molecular flexibility index (Phi) is 6.41. The van der Waals surface area contributed by atoms with E-state index in [1.807, 2.05) is 22.7 Å². The molecule has 0 bridgehead atoms. The van der Waals surface area contributed by atoms with Gasteiger partial charge in [-0.25, -0.2) is 0 Å². The number of benzene rings is 9. The van der Waals surface area contributed by atoms with Gasteiger partial charge < -0.3 is 9.32 Å². The van der Waals surface area contributed by atoms with Gasteiger partial charge in [-0.1, -0.05) is 109 Å². The van der Waals surface area contributed by atoms with Crippen LogP contribution in [0.25, 0.3) is 95.0 Å². The van der Waals surface area contributed by atoms with E-state index in [0.29, 0.717) is 0 Å². The van der Waals surface area contributed by atoms with E-state index in [9.17, 15) is 0 Å². The van der Waals surface area contributed by atoms with Crippen LogP contribution < -0.4 is 4.90 Å². The van der Waals surface area contributed by atoms with Crippen molar-refractivity contribution in [1.29, 1.82) is 0 Å². The van der Waals surface area contributed by atoms with Gasteiger partial charge in [0.15, 0.2) is 0 Å². The molecular weight excluding hydrogens is 695 g/mol. The predicted molar refractivity (Wildman–Crippen MR) is 235 cm³/mol. The molecule has 0 saturated carbocycles. The summed E-state index contributed by atoms with van der Waals surface area (Å²) in [4.78, 5) is 2.46. The van der Waals surface area contributed by atoms with Crippen LogP contribution in [-0.2, 0) is 0 Å². The highest BCUT2D eigenvalue weighted by atomic mass is 32.1. The molecule has 3 aromatic heterocycles. The van der Waals surface area contributed by atoms with E-state index < -0.39 is 0 Å². The summed E-state index contributed by atoms with van der Waals surface area (Å²) >= 11 is 3.71. The number of anilines is 3. The predicted octanol–water partition coefficient (Wildman–Crippen LogP) is 15.8. The first-order valence-corrected chi connectivity index (χ1v) is 19.9. The van der Waals surface area contributed by atoms with Gasteiger partial charge in [-0.2, -0.15) is 0 Å². The van der Waals surface area contributed by atoms with Crippen LogP contribution in [0.1, 0.15) is 0 Å². The van der Waals surface area contributed by atoms with Gasteiger partial charge in [-0.05, 0) is 94.0 Å². The normalized spacial score (nSPS) is 12.1. The zero-order valence-corrected chi connectivity index (χ0v) is 30.5. The highest BCUT2D eigenvalue weighted by Gasteiger charge is 2.23. The molecule has 2 nitrogen and oxygen atoms in total. The maximum atomic E-state index is 6.71. The van der Waals surface area contributed by atoms with Crippen molar-refractivity contribution < 1.29 is 4.42 Å². The smallest absolute Gasteiger partial charge is 0.143 e. The van der Waals surface area contributed by atoms with Crippen LogP contribution in [0.5, 0.6) is 0 Å². The van der Waals surface area contributed by atoms with E-state index in [2.05, 4.69) is 181 Å². The summed E-state index contributed by atoms with van der Waals surface area (Å²) < 4.78 is 11.8. The molecular formula is C50H29NOS2. The van der Waals surface area contributed by atoms with Crippen LogP contribution in [0, 0.1) is 0 Å². The second-order valence-electron chi connectivity index (χ2n) is 14.1. The molecule has 12 aromatic rings. The lowest BCUT2D eigenvalue weighted by molar-refractivity contribution is 0.673. The number of fused-ring (bicyclic) bond motifs is 13. The average molecular weight is 724 g/mol. The van der Waals surface area contributed by atoms with Gasteiger partial charge in [-0.3, -0.25) is 0 Å². The van der Waals surface area contributed by atoms with Crippen molar-refractivity contribution in [2.45, 2.75) is 0 Å². The van der Waals surface area contributed by atoms with E-state index in [-0.39, 0.29) is 0 Å². The standard InChI is InChI=1S/C50H29NOS2/c1-2-10-33-28-34(17-16-30(33)8-1)31-18-21-35(22-19-31)51(36-23-25-39-38-12-5-6-14-43(38)53-46(39)29-36)41-13-7-15-44-48(41)49-45(54-44)27-26-42-47(49)40-24-20-32-9-3-4-11-37(32)50(40)52-42/h1-29H. The van der Waals surface area contributed by atoms with Crippen LogP contribution in [0.15, 0.2) is 180 Å². The third kappa shape index (κ3) is 4.45. The lowest BCUT2D eigenvalue weighted by atomic mass is 10.00. The van der Waals surface area contributed by atoms with E-state index >= 15 is 0 Å². The second-order valence-corrected chi connectivity index (χ2v) is 16.2. The van der Waals surface area contributed by atoms with Crippen molar-refractivity contribution in [1.82, 2.24) is 0 Å². The summed E-state index contributed by atoms with van der Waals surface area (Å²) in [6, 6.07) is 64.2. The minimum Gasteiger partial charge on any atom is -0.455 e. The Morgan fingerprint density at radius 2 is 1.04 bits per heavy atom. The van der Waals surface area contributed by atoms with Crippen molar-refractivity contribution in [2.24, 2.45) is 0 Å². The summed E-state index contributed by atoms with van der Waals surface area (Å²) in [7, 11) is 0. The van der Waals surface area contributed by atoms with Crippen LogP contribution in [0.3, 0.4) is 0 Å². The molecule has 0 fully saturated rings. The van der Waals surface area contributed by atoms with Crippen LogP contribution >= 0.6 is 22.7 Å². The van der Waals surface area contributed by atoms with Gasteiger partial charge in [-0.15, -0.1) is 22.7 Å². The molecule has 0 atom stereocenters. The fourth-order valence-corrected chi connectivity index (χ4v) is 10.8. The molecule has 0 aliphatic carbocycles. The first kappa shape index (κ1) is 30.0. The highest BCUT2D eigenvalue weighted by molar-refractivity contribution is 7.26. The summed E-state index contributed by atoms with van der Waals surface area (Å²) in [6.07, 6.45) is 0. The van der Waals surface area contributed by atoms with Gasteiger partial charge >= 0.3 is 0 Å². The summed E-state index contributed by atoms with van der Waals surface area (Å²) in [6.45, 7) is 0. The van der Waals surface area contributed by atoms with E-state index in [4.69, 9.17) is 4.42 Å². The van der Waals surface area contributed by atoms with Gasteiger partial charge in [0, 0.05) is 67.9 Å². The molecule has 0 radical (unpaired) electrons. The fraction of sp³-hybridized carbons (Fsp3) is 0. The van der Waals surface area contributed by atoms with Crippen molar-refractivity contribution >= 4 is 124 Å². The van der Waals surface area contributed by atoms with Crippen molar-refractivity contribution in [2.75, 3.05) is 4.90 Å². The van der Waals surface area contributed by atoms with E-state index in [0.717, 1.165) is 39.0 Å². The molecule has 54 heavy (non-hydrogen) atoms. The minimum atomic E-state index is 0.918. The molecule has 12 rings (SSSR count). The first-order valence-electron chi connectivity index (χ1n) is 18.2. The maximum Gasteiger partial charge on any atom is 0.143 e. The van der Waals surface area contributed by atoms with Gasteiger partial charge in [0.1, 0.15) is 11.2 Å². The summed E-state index contributed by atoms with van der Waals surface area (Å²) in [5.74, 6) is 0. The molecule has 0 unspecified atom stereocenters. The SMILES string of the molecule is c1ccc2cc(-c3ccc(N(c4ccc5c(c4)sc4ccccc45)c4cccc5sc6ccc7oc8c9ccccc9ccc8c7c6c45)cc3)ccc2c1. The molecule has 0 N–H and O–H groups in total. The Labute approximate surface area is 318 Å². The van der Waals surface area contributed by atoms with Gasteiger partial charge in [0.2, 0.25) is 0 Å². The Morgan fingerprint density at radius 3 is 1.94 bits per heavy atom. The minimum absolute atomic E-state index is 0.918. The van der Waals surface area contributed by atoms with E-state index in [1.54, 1.807) is 0 Å². The van der Waals surface area contributed by atoms with Crippen LogP contribution in [0.4, 0.5) is 17.1 Å². The van der Waals surface area contributed by atoms with Gasteiger partial charge in [0.25, 0.3) is 0 Å². The number of furan rings is 1. The zero-order valence-electron chi connectivity index (χ0n) is 28.9. The summed E-state index contributed by atoms with van der Waals surface area (Å²) in [5.41, 5.74) is 7.68.